The zero-order valence-corrected chi connectivity index (χ0v) is 11.0. The van der Waals surface area contributed by atoms with Crippen LogP contribution in [0.1, 0.15) is 18.9 Å². The quantitative estimate of drug-likeness (QED) is 0.622. The lowest BCUT2D eigenvalue weighted by atomic mass is 10.2. The van der Waals surface area contributed by atoms with Crippen molar-refractivity contribution < 1.29 is 14.6 Å². The Balaban J connectivity index is 2.13. The SMILES string of the molecule is CCOc1cccc(CNCCCOCCO)c1. The molecular formula is C14H23NO3. The van der Waals surface area contributed by atoms with E-state index in [-0.39, 0.29) is 6.61 Å². The third-order valence-electron chi connectivity index (χ3n) is 2.42. The first-order valence-corrected chi connectivity index (χ1v) is 6.48. The molecule has 0 atom stereocenters. The highest BCUT2D eigenvalue weighted by Gasteiger charge is 1.96. The molecule has 0 aliphatic heterocycles. The summed E-state index contributed by atoms with van der Waals surface area (Å²) >= 11 is 0. The molecule has 18 heavy (non-hydrogen) atoms. The van der Waals surface area contributed by atoms with Gasteiger partial charge < -0.3 is 19.9 Å². The lowest BCUT2D eigenvalue weighted by molar-refractivity contribution is 0.0907. The second kappa shape index (κ2) is 9.88. The molecular weight excluding hydrogens is 230 g/mol. The molecule has 0 saturated heterocycles. The van der Waals surface area contributed by atoms with Crippen molar-refractivity contribution in [2.24, 2.45) is 0 Å². The smallest absolute Gasteiger partial charge is 0.119 e. The molecule has 4 nitrogen and oxygen atoms in total. The van der Waals surface area contributed by atoms with Gasteiger partial charge in [0.15, 0.2) is 0 Å². The number of aliphatic hydroxyl groups excluding tert-OH is 1. The molecule has 0 unspecified atom stereocenters. The van der Waals surface area contributed by atoms with Gasteiger partial charge >= 0.3 is 0 Å². The van der Waals surface area contributed by atoms with Crippen LogP contribution in [0.2, 0.25) is 0 Å². The maximum absolute atomic E-state index is 8.53. The van der Waals surface area contributed by atoms with E-state index in [1.165, 1.54) is 5.56 Å². The topological polar surface area (TPSA) is 50.7 Å². The van der Waals surface area contributed by atoms with Gasteiger partial charge in [-0.25, -0.2) is 0 Å². The van der Waals surface area contributed by atoms with Crippen LogP contribution in [0.25, 0.3) is 0 Å². The molecule has 0 radical (unpaired) electrons. The highest BCUT2D eigenvalue weighted by atomic mass is 16.5. The number of aliphatic hydroxyl groups is 1. The molecule has 1 aromatic rings. The van der Waals surface area contributed by atoms with Crippen LogP contribution in [0.4, 0.5) is 0 Å². The predicted octanol–water partition coefficient (Wildman–Crippen LogP) is 1.57. The summed E-state index contributed by atoms with van der Waals surface area (Å²) in [7, 11) is 0. The van der Waals surface area contributed by atoms with Crippen LogP contribution in [0, 0.1) is 0 Å². The van der Waals surface area contributed by atoms with Crippen molar-refractivity contribution in [2.45, 2.75) is 19.9 Å². The molecule has 0 aliphatic rings. The van der Waals surface area contributed by atoms with E-state index in [4.69, 9.17) is 14.6 Å². The molecule has 0 heterocycles. The molecule has 0 bridgehead atoms. The van der Waals surface area contributed by atoms with Gasteiger partial charge in [-0.2, -0.15) is 0 Å². The summed E-state index contributed by atoms with van der Waals surface area (Å²) in [6.45, 7) is 5.63. The van der Waals surface area contributed by atoms with Gasteiger partial charge in [-0.3, -0.25) is 0 Å². The Labute approximate surface area is 109 Å². The van der Waals surface area contributed by atoms with Crippen LogP contribution in [-0.4, -0.2) is 38.1 Å². The minimum absolute atomic E-state index is 0.0949. The first-order valence-electron chi connectivity index (χ1n) is 6.48. The van der Waals surface area contributed by atoms with Crippen molar-refractivity contribution in [3.05, 3.63) is 29.8 Å². The Morgan fingerprint density at radius 3 is 2.94 bits per heavy atom. The zero-order valence-electron chi connectivity index (χ0n) is 11.0. The lowest BCUT2D eigenvalue weighted by Crippen LogP contribution is -2.16. The standard InChI is InChI=1S/C14H23NO3/c1-2-18-14-6-3-5-13(11-14)12-15-7-4-9-17-10-8-16/h3,5-6,11,15-16H,2,4,7-10,12H2,1H3. The first-order chi connectivity index (χ1) is 8.86. The lowest BCUT2D eigenvalue weighted by Gasteiger charge is -2.07. The van der Waals surface area contributed by atoms with Crippen LogP contribution in [0.5, 0.6) is 5.75 Å². The normalized spacial score (nSPS) is 10.6. The number of hydrogen-bond acceptors (Lipinski definition) is 4. The third kappa shape index (κ3) is 6.59. The van der Waals surface area contributed by atoms with Crippen molar-refractivity contribution >= 4 is 0 Å². The van der Waals surface area contributed by atoms with Gasteiger partial charge in [0, 0.05) is 13.2 Å². The summed E-state index contributed by atoms with van der Waals surface area (Å²) in [5.74, 6) is 0.920. The Bertz CT molecular complexity index is 318. The van der Waals surface area contributed by atoms with Crippen molar-refractivity contribution in [3.63, 3.8) is 0 Å². The number of hydrogen-bond donors (Lipinski definition) is 2. The maximum atomic E-state index is 8.53. The summed E-state index contributed by atoms with van der Waals surface area (Å²) in [5, 5.41) is 11.9. The molecule has 0 amide bonds. The number of rotatable bonds is 10. The van der Waals surface area contributed by atoms with E-state index in [9.17, 15) is 0 Å². The Morgan fingerprint density at radius 1 is 1.28 bits per heavy atom. The van der Waals surface area contributed by atoms with Gasteiger partial charge in [0.05, 0.1) is 19.8 Å². The van der Waals surface area contributed by atoms with Crippen LogP contribution in [0.15, 0.2) is 24.3 Å². The summed E-state index contributed by atoms with van der Waals surface area (Å²) in [5.41, 5.74) is 1.22. The second-order valence-corrected chi connectivity index (χ2v) is 3.95. The average Bonchev–Trinajstić information content (AvgIpc) is 2.39. The van der Waals surface area contributed by atoms with Crippen LogP contribution < -0.4 is 10.1 Å². The minimum Gasteiger partial charge on any atom is -0.494 e. The fourth-order valence-corrected chi connectivity index (χ4v) is 1.61. The van der Waals surface area contributed by atoms with Crippen molar-refractivity contribution in [2.75, 3.05) is 33.0 Å². The van der Waals surface area contributed by atoms with Gasteiger partial charge in [-0.05, 0) is 37.6 Å². The summed E-state index contributed by atoms with van der Waals surface area (Å²) < 4.78 is 10.6. The van der Waals surface area contributed by atoms with E-state index in [2.05, 4.69) is 17.4 Å². The molecule has 4 heteroatoms. The largest absolute Gasteiger partial charge is 0.494 e. The molecule has 1 rings (SSSR count). The van der Waals surface area contributed by atoms with Gasteiger partial charge in [-0.15, -0.1) is 0 Å². The fourth-order valence-electron chi connectivity index (χ4n) is 1.61. The molecule has 0 aliphatic carbocycles. The van der Waals surface area contributed by atoms with E-state index in [0.717, 1.165) is 25.3 Å². The number of benzene rings is 1. The van der Waals surface area contributed by atoms with Crippen molar-refractivity contribution in [1.82, 2.24) is 5.32 Å². The maximum Gasteiger partial charge on any atom is 0.119 e. The monoisotopic (exact) mass is 253 g/mol. The Morgan fingerprint density at radius 2 is 2.17 bits per heavy atom. The van der Waals surface area contributed by atoms with Gasteiger partial charge in [-0.1, -0.05) is 12.1 Å². The molecule has 0 aromatic heterocycles. The average molecular weight is 253 g/mol. The van der Waals surface area contributed by atoms with Gasteiger partial charge in [0.1, 0.15) is 5.75 Å². The summed E-state index contributed by atoms with van der Waals surface area (Å²) in [4.78, 5) is 0. The van der Waals surface area contributed by atoms with Gasteiger partial charge in [0.25, 0.3) is 0 Å². The molecule has 102 valence electrons. The number of ether oxygens (including phenoxy) is 2. The van der Waals surface area contributed by atoms with Crippen molar-refractivity contribution in [1.29, 1.82) is 0 Å². The molecule has 1 aromatic carbocycles. The predicted molar refractivity (Wildman–Crippen MR) is 71.8 cm³/mol. The Hall–Kier alpha value is -1.10. The highest BCUT2D eigenvalue weighted by Crippen LogP contribution is 2.12. The molecule has 0 spiro atoms. The van der Waals surface area contributed by atoms with Crippen LogP contribution in [-0.2, 0) is 11.3 Å². The Kier molecular flexibility index (Phi) is 8.21. The van der Waals surface area contributed by atoms with Crippen molar-refractivity contribution in [3.8, 4) is 5.75 Å². The second-order valence-electron chi connectivity index (χ2n) is 3.95. The molecule has 0 fully saturated rings. The zero-order chi connectivity index (χ0) is 13.1. The fraction of sp³-hybridized carbons (Fsp3) is 0.571. The van der Waals surface area contributed by atoms with Crippen LogP contribution >= 0.6 is 0 Å². The first kappa shape index (κ1) is 15.0. The highest BCUT2D eigenvalue weighted by molar-refractivity contribution is 5.28. The van der Waals surface area contributed by atoms with E-state index in [1.807, 2.05) is 19.1 Å². The van der Waals surface area contributed by atoms with Crippen LogP contribution in [0.3, 0.4) is 0 Å². The summed E-state index contributed by atoms with van der Waals surface area (Å²) in [6, 6.07) is 8.11. The molecule has 2 N–H and O–H groups in total. The van der Waals surface area contributed by atoms with E-state index in [1.54, 1.807) is 0 Å². The molecule has 0 saturated carbocycles. The minimum atomic E-state index is 0.0949. The van der Waals surface area contributed by atoms with E-state index in [0.29, 0.717) is 19.8 Å². The number of nitrogens with one attached hydrogen (secondary N) is 1. The van der Waals surface area contributed by atoms with Gasteiger partial charge in [0.2, 0.25) is 0 Å². The van der Waals surface area contributed by atoms with E-state index < -0.39 is 0 Å². The third-order valence-corrected chi connectivity index (χ3v) is 2.42. The summed E-state index contributed by atoms with van der Waals surface area (Å²) in [6.07, 6.45) is 0.950. The van der Waals surface area contributed by atoms with E-state index >= 15 is 0 Å².